The zero-order chi connectivity index (χ0) is 15.4. The van der Waals surface area contributed by atoms with E-state index in [1.165, 1.54) is 19.3 Å². The van der Waals surface area contributed by atoms with Gasteiger partial charge < -0.3 is 10.6 Å². The third kappa shape index (κ3) is 3.17. The summed E-state index contributed by atoms with van der Waals surface area (Å²) in [5.74, 6) is 1.66. The van der Waals surface area contributed by atoms with Crippen molar-refractivity contribution in [2.24, 2.45) is 11.7 Å². The standard InChI is InChI=1S/C16H27N5/c1-4-7-11-8-9-21(10-11)16-14(15(17)18)12(5-2)13(6-3)19-20-16/h11H,4-10H2,1-3H3,(H3,17,18). The van der Waals surface area contributed by atoms with E-state index in [2.05, 4.69) is 35.9 Å². The number of nitrogens with zero attached hydrogens (tertiary/aromatic N) is 3. The summed E-state index contributed by atoms with van der Waals surface area (Å²) in [4.78, 5) is 2.27. The van der Waals surface area contributed by atoms with Crippen LogP contribution in [0.5, 0.6) is 0 Å². The summed E-state index contributed by atoms with van der Waals surface area (Å²) in [6.45, 7) is 8.40. The summed E-state index contributed by atoms with van der Waals surface area (Å²) in [6, 6.07) is 0. The van der Waals surface area contributed by atoms with Gasteiger partial charge >= 0.3 is 0 Å². The van der Waals surface area contributed by atoms with Crippen molar-refractivity contribution < 1.29 is 0 Å². The van der Waals surface area contributed by atoms with Crippen LogP contribution in [-0.2, 0) is 12.8 Å². The van der Waals surface area contributed by atoms with Gasteiger partial charge in [-0.3, -0.25) is 5.41 Å². The zero-order valence-electron chi connectivity index (χ0n) is 13.4. The van der Waals surface area contributed by atoms with Crippen molar-refractivity contribution in [3.8, 4) is 0 Å². The molecule has 1 unspecified atom stereocenters. The molecule has 0 bridgehead atoms. The average molecular weight is 289 g/mol. The number of nitrogen functional groups attached to an aromatic ring is 1. The summed E-state index contributed by atoms with van der Waals surface area (Å²) in [7, 11) is 0. The summed E-state index contributed by atoms with van der Waals surface area (Å²) in [5.41, 5.74) is 8.73. The van der Waals surface area contributed by atoms with Crippen molar-refractivity contribution in [2.75, 3.05) is 18.0 Å². The highest BCUT2D eigenvalue weighted by Crippen LogP contribution is 2.29. The molecule has 21 heavy (non-hydrogen) atoms. The van der Waals surface area contributed by atoms with Crippen LogP contribution in [-0.4, -0.2) is 29.1 Å². The van der Waals surface area contributed by atoms with Crippen molar-refractivity contribution in [1.82, 2.24) is 10.2 Å². The highest BCUT2D eigenvalue weighted by Gasteiger charge is 2.27. The molecular weight excluding hydrogens is 262 g/mol. The van der Waals surface area contributed by atoms with Gasteiger partial charge in [-0.2, -0.15) is 5.10 Å². The van der Waals surface area contributed by atoms with Crippen molar-refractivity contribution in [1.29, 1.82) is 5.41 Å². The van der Waals surface area contributed by atoms with Gasteiger partial charge in [0.25, 0.3) is 0 Å². The van der Waals surface area contributed by atoms with Crippen LogP contribution in [0.3, 0.4) is 0 Å². The summed E-state index contributed by atoms with van der Waals surface area (Å²) >= 11 is 0. The second-order valence-electron chi connectivity index (χ2n) is 5.83. The second kappa shape index (κ2) is 6.87. The third-order valence-corrected chi connectivity index (χ3v) is 4.38. The maximum Gasteiger partial charge on any atom is 0.162 e. The molecule has 1 aromatic rings. The van der Waals surface area contributed by atoms with Gasteiger partial charge in [-0.25, -0.2) is 0 Å². The Morgan fingerprint density at radius 3 is 2.62 bits per heavy atom. The first-order chi connectivity index (χ1) is 10.1. The van der Waals surface area contributed by atoms with Gasteiger partial charge in [0.15, 0.2) is 5.82 Å². The van der Waals surface area contributed by atoms with Crippen LogP contribution < -0.4 is 10.6 Å². The minimum atomic E-state index is 0.116. The first-order valence-corrected chi connectivity index (χ1v) is 8.10. The number of nitrogens with two attached hydrogens (primary N) is 1. The maximum atomic E-state index is 7.97. The first-order valence-electron chi connectivity index (χ1n) is 8.10. The average Bonchev–Trinajstić information content (AvgIpc) is 2.94. The van der Waals surface area contributed by atoms with Crippen LogP contribution in [0.2, 0.25) is 0 Å². The number of hydrogen-bond acceptors (Lipinski definition) is 4. The first kappa shape index (κ1) is 15.7. The van der Waals surface area contributed by atoms with Crippen LogP contribution in [0, 0.1) is 11.3 Å². The third-order valence-electron chi connectivity index (χ3n) is 4.38. The Hall–Kier alpha value is -1.65. The normalized spacial score (nSPS) is 18.2. The number of hydrogen-bond donors (Lipinski definition) is 2. The molecule has 1 aromatic heterocycles. The Kier molecular flexibility index (Phi) is 5.15. The van der Waals surface area contributed by atoms with E-state index in [1.54, 1.807) is 0 Å². The van der Waals surface area contributed by atoms with Crippen molar-refractivity contribution in [2.45, 2.75) is 52.9 Å². The number of rotatable bonds is 6. The van der Waals surface area contributed by atoms with Crippen LogP contribution in [0.25, 0.3) is 0 Å². The number of anilines is 1. The molecule has 0 radical (unpaired) electrons. The van der Waals surface area contributed by atoms with Crippen molar-refractivity contribution in [3.63, 3.8) is 0 Å². The van der Waals surface area contributed by atoms with E-state index >= 15 is 0 Å². The number of amidine groups is 1. The predicted octanol–water partition coefficient (Wildman–Crippen LogP) is 2.51. The van der Waals surface area contributed by atoms with Crippen molar-refractivity contribution in [3.05, 3.63) is 16.8 Å². The van der Waals surface area contributed by atoms with E-state index < -0.39 is 0 Å². The summed E-state index contributed by atoms with van der Waals surface area (Å²) in [5, 5.41) is 16.8. The van der Waals surface area contributed by atoms with Crippen LogP contribution >= 0.6 is 0 Å². The second-order valence-corrected chi connectivity index (χ2v) is 5.83. The summed E-state index contributed by atoms with van der Waals surface area (Å²) in [6.07, 6.45) is 5.34. The highest BCUT2D eigenvalue weighted by molar-refractivity contribution is 6.01. The molecule has 0 aliphatic carbocycles. The molecule has 5 nitrogen and oxygen atoms in total. The Labute approximate surface area is 127 Å². The predicted molar refractivity (Wildman–Crippen MR) is 87.0 cm³/mol. The molecule has 5 heteroatoms. The number of aromatic nitrogens is 2. The Bertz CT molecular complexity index is 512. The van der Waals surface area contributed by atoms with Gasteiger partial charge in [0.1, 0.15) is 5.84 Å². The Morgan fingerprint density at radius 2 is 2.05 bits per heavy atom. The molecule has 1 aliphatic heterocycles. The van der Waals surface area contributed by atoms with Crippen molar-refractivity contribution >= 4 is 11.7 Å². The molecule has 1 fully saturated rings. The highest BCUT2D eigenvalue weighted by atomic mass is 15.3. The van der Waals surface area contributed by atoms with Crippen LogP contribution in [0.4, 0.5) is 5.82 Å². The fourth-order valence-electron chi connectivity index (χ4n) is 3.34. The van der Waals surface area contributed by atoms with Gasteiger partial charge in [-0.15, -0.1) is 5.10 Å². The molecular formula is C16H27N5. The SMILES string of the molecule is CCCC1CCN(c2nnc(CC)c(CC)c2C(=N)N)C1. The summed E-state index contributed by atoms with van der Waals surface area (Å²) < 4.78 is 0. The number of aryl methyl sites for hydroxylation is 1. The molecule has 2 heterocycles. The lowest BCUT2D eigenvalue weighted by Crippen LogP contribution is -2.28. The molecule has 0 saturated carbocycles. The zero-order valence-corrected chi connectivity index (χ0v) is 13.4. The molecule has 1 aliphatic rings. The molecule has 0 spiro atoms. The molecule has 3 N–H and O–H groups in total. The molecule has 116 valence electrons. The monoisotopic (exact) mass is 289 g/mol. The lowest BCUT2D eigenvalue weighted by molar-refractivity contribution is 0.529. The molecule has 1 atom stereocenters. The van der Waals surface area contributed by atoms with Crippen LogP contribution in [0.15, 0.2) is 0 Å². The number of nitrogens with one attached hydrogen (secondary N) is 1. The molecule has 1 saturated heterocycles. The lowest BCUT2D eigenvalue weighted by atomic mass is 10.0. The fourth-order valence-corrected chi connectivity index (χ4v) is 3.34. The smallest absolute Gasteiger partial charge is 0.162 e. The molecule has 0 amide bonds. The fraction of sp³-hybridized carbons (Fsp3) is 0.688. The van der Waals surface area contributed by atoms with Gasteiger partial charge in [0, 0.05) is 13.1 Å². The van der Waals surface area contributed by atoms with E-state index in [-0.39, 0.29) is 5.84 Å². The van der Waals surface area contributed by atoms with Gasteiger partial charge in [-0.1, -0.05) is 27.2 Å². The van der Waals surface area contributed by atoms with Gasteiger partial charge in [0.05, 0.1) is 11.3 Å². The lowest BCUT2D eigenvalue weighted by Gasteiger charge is -2.22. The molecule has 2 rings (SSSR count). The minimum Gasteiger partial charge on any atom is -0.384 e. The largest absolute Gasteiger partial charge is 0.384 e. The molecule has 0 aromatic carbocycles. The van der Waals surface area contributed by atoms with Gasteiger partial charge in [0.2, 0.25) is 0 Å². The Balaban J connectivity index is 2.38. The van der Waals surface area contributed by atoms with E-state index in [0.29, 0.717) is 0 Å². The quantitative estimate of drug-likeness (QED) is 0.623. The topological polar surface area (TPSA) is 78.9 Å². The Morgan fingerprint density at radius 1 is 1.29 bits per heavy atom. The van der Waals surface area contributed by atoms with E-state index in [4.69, 9.17) is 11.1 Å². The maximum absolute atomic E-state index is 7.97. The van der Waals surface area contributed by atoms with E-state index in [1.807, 2.05) is 0 Å². The van der Waals surface area contributed by atoms with Crippen LogP contribution in [0.1, 0.15) is 56.9 Å². The van der Waals surface area contributed by atoms with E-state index in [0.717, 1.165) is 54.5 Å². The minimum absolute atomic E-state index is 0.116. The van der Waals surface area contributed by atoms with E-state index in [9.17, 15) is 0 Å². The van der Waals surface area contributed by atoms with Gasteiger partial charge in [-0.05, 0) is 37.2 Å².